The molecule has 1 unspecified atom stereocenters. The van der Waals surface area contributed by atoms with E-state index >= 15 is 0 Å². The fourth-order valence-electron chi connectivity index (χ4n) is 4.76. The molecular formula is C29H29FN4O5S. The summed E-state index contributed by atoms with van der Waals surface area (Å²) in [5, 5.41) is 16.8. The molecule has 0 bridgehead atoms. The molecule has 2 heterocycles. The molecule has 11 heteroatoms. The summed E-state index contributed by atoms with van der Waals surface area (Å²) < 4.78 is 13.8. The van der Waals surface area contributed by atoms with E-state index < -0.39 is 29.6 Å². The highest BCUT2D eigenvalue weighted by atomic mass is 32.1. The van der Waals surface area contributed by atoms with Gasteiger partial charge in [0, 0.05) is 48.1 Å². The largest absolute Gasteiger partial charge is 0.481 e. The fourth-order valence-corrected chi connectivity index (χ4v) is 5.54. The highest BCUT2D eigenvalue weighted by Crippen LogP contribution is 2.33. The second kappa shape index (κ2) is 11.9. The highest BCUT2D eigenvalue weighted by molar-refractivity contribution is 7.10. The van der Waals surface area contributed by atoms with E-state index in [2.05, 4.69) is 10.6 Å². The second-order valence-corrected chi connectivity index (χ2v) is 10.9. The van der Waals surface area contributed by atoms with Crippen molar-refractivity contribution in [2.75, 3.05) is 36.4 Å². The third-order valence-corrected chi connectivity index (χ3v) is 8.01. The number of halogens is 1. The van der Waals surface area contributed by atoms with Gasteiger partial charge in [-0.05, 0) is 60.7 Å². The molecule has 1 aliphatic carbocycles. The first-order valence-corrected chi connectivity index (χ1v) is 14.0. The van der Waals surface area contributed by atoms with E-state index in [1.165, 1.54) is 35.6 Å². The maximum atomic E-state index is 13.8. The number of benzene rings is 2. The molecule has 208 valence electrons. The molecule has 0 radical (unpaired) electrons. The summed E-state index contributed by atoms with van der Waals surface area (Å²) in [6.45, 7) is 2.19. The molecule has 1 aromatic heterocycles. The lowest BCUT2D eigenvalue weighted by molar-refractivity contribution is -0.137. The molecule has 1 atom stereocenters. The first kappa shape index (κ1) is 27.3. The van der Waals surface area contributed by atoms with E-state index in [0.29, 0.717) is 42.4 Å². The van der Waals surface area contributed by atoms with Gasteiger partial charge < -0.3 is 25.5 Å². The molecule has 3 aromatic rings. The quantitative estimate of drug-likeness (QED) is 0.360. The number of amides is 3. The summed E-state index contributed by atoms with van der Waals surface area (Å²) in [7, 11) is 0. The molecule has 1 aliphatic heterocycles. The van der Waals surface area contributed by atoms with Crippen LogP contribution in [-0.2, 0) is 9.59 Å². The van der Waals surface area contributed by atoms with Crippen LogP contribution in [0.5, 0.6) is 0 Å². The van der Waals surface area contributed by atoms with Gasteiger partial charge in [-0.1, -0.05) is 12.1 Å². The van der Waals surface area contributed by atoms with Crippen molar-refractivity contribution in [3.05, 3.63) is 81.8 Å². The Morgan fingerprint density at radius 3 is 2.35 bits per heavy atom. The Kier molecular flexibility index (Phi) is 8.11. The van der Waals surface area contributed by atoms with E-state index in [-0.39, 0.29) is 29.4 Å². The molecule has 2 aromatic carbocycles. The van der Waals surface area contributed by atoms with E-state index in [0.717, 1.165) is 18.9 Å². The zero-order chi connectivity index (χ0) is 28.2. The molecule has 3 amide bonds. The molecule has 1 saturated heterocycles. The number of piperazine rings is 1. The maximum Gasteiger partial charge on any atom is 0.305 e. The average molecular weight is 565 g/mol. The first-order valence-electron chi connectivity index (χ1n) is 13.1. The van der Waals surface area contributed by atoms with Gasteiger partial charge in [0.2, 0.25) is 5.91 Å². The van der Waals surface area contributed by atoms with Gasteiger partial charge in [0.25, 0.3) is 11.8 Å². The Balaban J connectivity index is 1.39. The molecular weight excluding hydrogens is 535 g/mol. The summed E-state index contributed by atoms with van der Waals surface area (Å²) in [6, 6.07) is 13.0. The van der Waals surface area contributed by atoms with Gasteiger partial charge in [-0.3, -0.25) is 19.2 Å². The van der Waals surface area contributed by atoms with Crippen molar-refractivity contribution in [1.29, 1.82) is 0 Å². The van der Waals surface area contributed by atoms with E-state index in [4.69, 9.17) is 0 Å². The van der Waals surface area contributed by atoms with Gasteiger partial charge in [-0.2, -0.15) is 0 Å². The maximum absolute atomic E-state index is 13.8. The summed E-state index contributed by atoms with van der Waals surface area (Å²) in [5.41, 5.74) is 1.38. The SMILES string of the molecule is O=C(O)CC(NC(=O)c1ccc(N2CCN(C(=O)C3CC3)CC2)c(NC(=O)c2cccc(F)c2)c1)c1cccs1. The highest BCUT2D eigenvalue weighted by Gasteiger charge is 2.35. The standard InChI is InChI=1S/C29H29FN4O5S/c30-21-4-1-3-19(15-21)27(37)31-22-16-20(28(38)32-23(17-26(35)36)25-5-2-14-40-25)8-9-24(22)33-10-12-34(13-11-33)29(39)18-6-7-18/h1-5,8-9,14-16,18,23H,6-7,10-13,17H2,(H,31,37)(H,32,38)(H,35,36). The lowest BCUT2D eigenvalue weighted by atomic mass is 10.1. The summed E-state index contributed by atoms with van der Waals surface area (Å²) in [5.74, 6) is -2.29. The van der Waals surface area contributed by atoms with Gasteiger partial charge in [0.1, 0.15) is 5.82 Å². The van der Waals surface area contributed by atoms with Gasteiger partial charge >= 0.3 is 5.97 Å². The molecule has 2 fully saturated rings. The van der Waals surface area contributed by atoms with Crippen molar-refractivity contribution in [1.82, 2.24) is 10.2 Å². The Bertz CT molecular complexity index is 1420. The molecule has 5 rings (SSSR count). The van der Waals surface area contributed by atoms with Gasteiger partial charge in [0.05, 0.1) is 23.8 Å². The number of nitrogens with one attached hydrogen (secondary N) is 2. The zero-order valence-electron chi connectivity index (χ0n) is 21.6. The van der Waals surface area contributed by atoms with E-state index in [9.17, 15) is 28.7 Å². The molecule has 2 aliphatic rings. The Morgan fingerprint density at radius 2 is 1.70 bits per heavy atom. The number of carbonyl (C=O) groups is 4. The minimum Gasteiger partial charge on any atom is -0.481 e. The normalized spacial score (nSPS) is 15.8. The number of hydrogen-bond acceptors (Lipinski definition) is 6. The number of anilines is 2. The number of hydrogen-bond donors (Lipinski definition) is 3. The topological polar surface area (TPSA) is 119 Å². The van der Waals surface area contributed by atoms with Crippen LogP contribution in [0, 0.1) is 11.7 Å². The predicted molar refractivity (Wildman–Crippen MR) is 149 cm³/mol. The van der Waals surface area contributed by atoms with Crippen molar-refractivity contribution >= 4 is 46.4 Å². The summed E-state index contributed by atoms with van der Waals surface area (Å²) in [6.07, 6.45) is 1.61. The van der Waals surface area contributed by atoms with Crippen LogP contribution in [0.25, 0.3) is 0 Å². The number of rotatable bonds is 9. The fraction of sp³-hybridized carbons (Fsp3) is 0.310. The lowest BCUT2D eigenvalue weighted by Crippen LogP contribution is -2.49. The monoisotopic (exact) mass is 564 g/mol. The minimum absolute atomic E-state index is 0.125. The third kappa shape index (κ3) is 6.48. The second-order valence-electron chi connectivity index (χ2n) is 9.92. The number of carboxylic acids is 1. The molecule has 0 spiro atoms. The molecule has 1 saturated carbocycles. The number of carboxylic acid groups (broad SMARTS) is 1. The summed E-state index contributed by atoms with van der Waals surface area (Å²) >= 11 is 1.35. The molecule has 9 nitrogen and oxygen atoms in total. The number of thiophene rings is 1. The molecule has 3 N–H and O–H groups in total. The Morgan fingerprint density at radius 1 is 0.950 bits per heavy atom. The van der Waals surface area contributed by atoms with Crippen LogP contribution in [0.15, 0.2) is 60.0 Å². The lowest BCUT2D eigenvalue weighted by Gasteiger charge is -2.37. The summed E-state index contributed by atoms with van der Waals surface area (Å²) in [4.78, 5) is 54.8. The molecule has 40 heavy (non-hydrogen) atoms. The van der Waals surface area contributed by atoms with E-state index in [1.807, 2.05) is 15.2 Å². The predicted octanol–water partition coefficient (Wildman–Crippen LogP) is 4.14. The van der Waals surface area contributed by atoms with E-state index in [1.54, 1.807) is 24.3 Å². The smallest absolute Gasteiger partial charge is 0.305 e. The van der Waals surface area contributed by atoms with Gasteiger partial charge in [-0.15, -0.1) is 11.3 Å². The third-order valence-electron chi connectivity index (χ3n) is 7.02. The van der Waals surface area contributed by atoms with Crippen LogP contribution in [-0.4, -0.2) is 59.9 Å². The van der Waals surface area contributed by atoms with Crippen molar-refractivity contribution in [2.45, 2.75) is 25.3 Å². The van der Waals surface area contributed by atoms with Crippen LogP contribution >= 0.6 is 11.3 Å². The zero-order valence-corrected chi connectivity index (χ0v) is 22.5. The van der Waals surface area contributed by atoms with Crippen LogP contribution in [0.4, 0.5) is 15.8 Å². The van der Waals surface area contributed by atoms with Gasteiger partial charge in [0.15, 0.2) is 0 Å². The Labute approximate surface area is 234 Å². The average Bonchev–Trinajstić information content (AvgIpc) is 3.65. The van der Waals surface area contributed by atoms with Gasteiger partial charge in [-0.25, -0.2) is 4.39 Å². The van der Waals surface area contributed by atoms with Crippen molar-refractivity contribution < 1.29 is 28.7 Å². The van der Waals surface area contributed by atoms with Crippen LogP contribution < -0.4 is 15.5 Å². The number of aliphatic carboxylic acids is 1. The first-order chi connectivity index (χ1) is 19.3. The van der Waals surface area contributed by atoms with Crippen molar-refractivity contribution in [3.8, 4) is 0 Å². The number of carbonyl (C=O) groups excluding carboxylic acids is 3. The Hall–Kier alpha value is -4.25. The van der Waals surface area contributed by atoms with Crippen molar-refractivity contribution in [2.24, 2.45) is 5.92 Å². The minimum atomic E-state index is -1.04. The van der Waals surface area contributed by atoms with Crippen molar-refractivity contribution in [3.63, 3.8) is 0 Å². The van der Waals surface area contributed by atoms with Crippen LogP contribution in [0.2, 0.25) is 0 Å². The van der Waals surface area contributed by atoms with Crippen LogP contribution in [0.1, 0.15) is 50.9 Å². The number of nitrogens with zero attached hydrogens (tertiary/aromatic N) is 2. The van der Waals surface area contributed by atoms with Crippen LogP contribution in [0.3, 0.4) is 0 Å².